The molecule has 1 saturated carbocycles. The van der Waals surface area contributed by atoms with Crippen LogP contribution in [0.25, 0.3) is 22.1 Å². The number of imidazole rings is 2. The highest BCUT2D eigenvalue weighted by Crippen LogP contribution is 2.26. The van der Waals surface area contributed by atoms with Crippen molar-refractivity contribution in [3.8, 4) is 0 Å². The van der Waals surface area contributed by atoms with Crippen molar-refractivity contribution in [3.05, 3.63) is 48.0 Å². The van der Waals surface area contributed by atoms with Crippen molar-refractivity contribution in [2.75, 3.05) is 59.5 Å². The summed E-state index contributed by atoms with van der Waals surface area (Å²) >= 11 is 23.8. The van der Waals surface area contributed by atoms with E-state index in [-0.39, 0.29) is 24.1 Å². The van der Waals surface area contributed by atoms with Crippen LogP contribution in [0.2, 0.25) is 0 Å². The van der Waals surface area contributed by atoms with Crippen molar-refractivity contribution in [1.29, 1.82) is 0 Å². The van der Waals surface area contributed by atoms with Gasteiger partial charge in [-0.2, -0.15) is 0 Å². The summed E-state index contributed by atoms with van der Waals surface area (Å²) in [4.78, 5) is 38.6. The molecule has 1 aliphatic rings. The molecular formula is C48H72Cl4N6O4. The van der Waals surface area contributed by atoms with Gasteiger partial charge in [0.25, 0.3) is 0 Å². The highest BCUT2D eigenvalue weighted by atomic mass is 35.5. The number of hydrogen-bond acceptors (Lipinski definition) is 8. The normalized spacial score (nSPS) is 13.5. The van der Waals surface area contributed by atoms with Gasteiger partial charge in [0.1, 0.15) is 23.9 Å². The number of esters is 2. The number of rotatable bonds is 27. The number of nitrogens with zero attached hydrogens (tertiary/aromatic N) is 6. The van der Waals surface area contributed by atoms with E-state index < -0.39 is 0 Å². The zero-order valence-electron chi connectivity index (χ0n) is 37.8. The molecule has 14 heteroatoms. The number of carbonyl (C=O) groups is 2. The zero-order chi connectivity index (χ0) is 44.7. The Kier molecular flexibility index (Phi) is 24.0. The third kappa shape index (κ3) is 16.6. The van der Waals surface area contributed by atoms with Gasteiger partial charge in [0, 0.05) is 101 Å². The van der Waals surface area contributed by atoms with E-state index >= 15 is 0 Å². The second-order valence-electron chi connectivity index (χ2n) is 16.5. The van der Waals surface area contributed by atoms with Gasteiger partial charge in [0.15, 0.2) is 0 Å². The van der Waals surface area contributed by atoms with Crippen molar-refractivity contribution in [2.45, 2.75) is 142 Å². The first-order chi connectivity index (χ1) is 30.1. The fourth-order valence-corrected chi connectivity index (χ4v) is 9.05. The first-order valence-electron chi connectivity index (χ1n) is 23.2. The minimum Gasteiger partial charge on any atom is -0.462 e. The molecule has 0 amide bonds. The molecular weight excluding hydrogens is 866 g/mol. The Hall–Kier alpha value is -2.92. The summed E-state index contributed by atoms with van der Waals surface area (Å²) < 4.78 is 15.7. The summed E-state index contributed by atoms with van der Waals surface area (Å²) in [5, 5.41) is 0. The number of aryl methyl sites for hydroxylation is 4. The predicted molar refractivity (Wildman–Crippen MR) is 261 cm³/mol. The van der Waals surface area contributed by atoms with Crippen LogP contribution >= 0.6 is 46.4 Å². The van der Waals surface area contributed by atoms with Crippen LogP contribution in [0.1, 0.15) is 128 Å². The highest BCUT2D eigenvalue weighted by molar-refractivity contribution is 6.19. The maximum atomic E-state index is 12.5. The average molecular weight is 939 g/mol. The number of hydrogen-bond donors (Lipinski definition) is 0. The lowest BCUT2D eigenvalue weighted by atomic mass is 9.98. The van der Waals surface area contributed by atoms with Gasteiger partial charge < -0.3 is 28.4 Å². The molecule has 4 aromatic rings. The van der Waals surface area contributed by atoms with Crippen LogP contribution in [0.3, 0.4) is 0 Å². The number of alkyl halides is 4. The highest BCUT2D eigenvalue weighted by Gasteiger charge is 2.19. The van der Waals surface area contributed by atoms with Crippen LogP contribution in [-0.4, -0.2) is 92.9 Å². The smallest absolute Gasteiger partial charge is 0.306 e. The predicted octanol–water partition coefficient (Wildman–Crippen LogP) is 11.9. The van der Waals surface area contributed by atoms with Crippen LogP contribution in [-0.2, 0) is 46.0 Å². The second kappa shape index (κ2) is 28.8. The summed E-state index contributed by atoms with van der Waals surface area (Å²) in [5.74, 6) is 4.04. The Morgan fingerprint density at radius 3 is 1.60 bits per heavy atom. The molecule has 0 aliphatic heterocycles. The minimum absolute atomic E-state index is 0.0714. The lowest BCUT2D eigenvalue weighted by molar-refractivity contribution is -0.151. The number of fused-ring (bicyclic) bond motifs is 2. The standard InChI is InChI=1S/C26H41Cl2N3O2.C22H31Cl2N3O2/c1-4-6-8-11-22(10-7-5-2)33-26(32)13-9-12-25-29-23-20-21(14-15-24(23)30(25)3)31(18-16-27)19-17-28;1-26-20-11-10-17(27(14-12-23)15-13-24)16-19(20)25-21(26)8-5-9-22(28)29-18-6-3-2-4-7-18/h14-15,20,22H,4-13,16-19H2,1-3H3;10-11,16,18H,2-9,12-15H2,1H3. The lowest BCUT2D eigenvalue weighted by Gasteiger charge is -2.22. The molecule has 1 aliphatic carbocycles. The summed E-state index contributed by atoms with van der Waals surface area (Å²) in [7, 11) is 4.06. The van der Waals surface area contributed by atoms with Crippen LogP contribution in [0, 0.1) is 0 Å². The molecule has 0 spiro atoms. The fourth-order valence-electron chi connectivity index (χ4n) is 8.24. The minimum atomic E-state index is -0.0774. The Bertz CT molecular complexity index is 1900. The molecule has 0 bridgehead atoms. The van der Waals surface area contributed by atoms with Crippen LogP contribution < -0.4 is 9.80 Å². The maximum absolute atomic E-state index is 12.5. The summed E-state index contributed by atoms with van der Waals surface area (Å²) in [6, 6.07) is 12.6. The maximum Gasteiger partial charge on any atom is 0.306 e. The van der Waals surface area contributed by atoms with Crippen LogP contribution in [0.5, 0.6) is 0 Å². The van der Waals surface area contributed by atoms with Crippen molar-refractivity contribution in [1.82, 2.24) is 19.1 Å². The van der Waals surface area contributed by atoms with Crippen molar-refractivity contribution >= 4 is 91.8 Å². The van der Waals surface area contributed by atoms with E-state index in [1.807, 2.05) is 14.1 Å². The van der Waals surface area contributed by atoms with Gasteiger partial charge >= 0.3 is 11.9 Å². The van der Waals surface area contributed by atoms with E-state index in [1.54, 1.807) is 0 Å². The number of benzene rings is 2. The molecule has 5 rings (SSSR count). The average Bonchev–Trinajstić information content (AvgIpc) is 3.76. The van der Waals surface area contributed by atoms with E-state index in [1.165, 1.54) is 32.1 Å². The number of unbranched alkanes of at least 4 members (excludes halogenated alkanes) is 3. The van der Waals surface area contributed by atoms with Gasteiger partial charge in [-0.1, -0.05) is 46.0 Å². The summed E-state index contributed by atoms with van der Waals surface area (Å²) in [6.45, 7) is 7.38. The van der Waals surface area contributed by atoms with Gasteiger partial charge in [-0.05, 0) is 94.2 Å². The summed E-state index contributed by atoms with van der Waals surface area (Å²) in [5.41, 5.74) is 6.25. The van der Waals surface area contributed by atoms with Crippen LogP contribution in [0.4, 0.5) is 11.4 Å². The van der Waals surface area contributed by atoms with Gasteiger partial charge in [0.2, 0.25) is 0 Å². The first-order valence-corrected chi connectivity index (χ1v) is 25.3. The number of aromatic nitrogens is 4. The molecule has 2 aromatic heterocycles. The zero-order valence-corrected chi connectivity index (χ0v) is 40.9. The Morgan fingerprint density at radius 2 is 1.13 bits per heavy atom. The number of carbonyl (C=O) groups excluding carboxylic acids is 2. The van der Waals surface area contributed by atoms with Gasteiger partial charge in [-0.15, -0.1) is 46.4 Å². The van der Waals surface area contributed by atoms with E-state index in [4.69, 9.17) is 65.8 Å². The van der Waals surface area contributed by atoms with E-state index in [2.05, 4.69) is 69.2 Å². The topological polar surface area (TPSA) is 94.7 Å². The van der Waals surface area contributed by atoms with Crippen molar-refractivity contribution in [3.63, 3.8) is 0 Å². The van der Waals surface area contributed by atoms with Crippen LogP contribution in [0.15, 0.2) is 36.4 Å². The van der Waals surface area contributed by atoms with Gasteiger partial charge in [0.05, 0.1) is 22.1 Å². The number of anilines is 2. The fraction of sp³-hybridized carbons (Fsp3) is 0.667. The molecule has 62 heavy (non-hydrogen) atoms. The molecule has 1 fully saturated rings. The largest absolute Gasteiger partial charge is 0.462 e. The van der Waals surface area contributed by atoms with Crippen molar-refractivity contribution < 1.29 is 19.1 Å². The third-order valence-electron chi connectivity index (χ3n) is 11.8. The molecule has 2 aromatic carbocycles. The Balaban J connectivity index is 0.000000275. The van der Waals surface area contributed by atoms with E-state index in [0.29, 0.717) is 36.4 Å². The molecule has 10 nitrogen and oxygen atoms in total. The van der Waals surface area contributed by atoms with Gasteiger partial charge in [-0.25, -0.2) is 9.97 Å². The quantitative estimate of drug-likeness (QED) is 0.0331. The molecule has 2 heterocycles. The Labute approximate surface area is 391 Å². The SMILES string of the molecule is CCCCCC(CCCC)OC(=O)CCCc1nc2cc(N(CCCl)CCCl)ccc2n1C.Cn1c(CCCC(=O)OC2CCCCC2)nc2cc(N(CCCl)CCCl)ccc21. The molecule has 0 saturated heterocycles. The molecule has 346 valence electrons. The molecule has 1 atom stereocenters. The second-order valence-corrected chi connectivity index (χ2v) is 18.0. The van der Waals surface area contributed by atoms with Crippen molar-refractivity contribution in [2.24, 2.45) is 14.1 Å². The molecule has 0 N–H and O–H groups in total. The van der Waals surface area contributed by atoms with E-state index in [9.17, 15) is 9.59 Å². The first kappa shape index (κ1) is 51.7. The molecule has 0 radical (unpaired) electrons. The Morgan fingerprint density at radius 1 is 0.661 bits per heavy atom. The third-order valence-corrected chi connectivity index (χ3v) is 12.5. The van der Waals surface area contributed by atoms with E-state index in [0.717, 1.165) is 142 Å². The van der Waals surface area contributed by atoms with Gasteiger partial charge in [-0.3, -0.25) is 9.59 Å². The monoisotopic (exact) mass is 936 g/mol. The number of halogens is 4. The number of ether oxygens (including phenoxy) is 2. The molecule has 1 unspecified atom stereocenters. The lowest BCUT2D eigenvalue weighted by Crippen LogP contribution is -2.27. The summed E-state index contributed by atoms with van der Waals surface area (Å²) in [6.07, 6.45) is 17.4.